The quantitative estimate of drug-likeness (QED) is 0.655. The van der Waals surface area contributed by atoms with Crippen LogP contribution in [0, 0.1) is 6.92 Å². The maximum absolute atomic E-state index is 12.1. The molecular formula is C22H27N3O3S2. The number of sulfone groups is 1. The minimum absolute atomic E-state index is 0.0521. The summed E-state index contributed by atoms with van der Waals surface area (Å²) in [6.07, 6.45) is 3.45. The first-order chi connectivity index (χ1) is 14.2. The highest BCUT2D eigenvalue weighted by Gasteiger charge is 2.23. The number of hydrogen-bond acceptors (Lipinski definition) is 4. The Kier molecular flexibility index (Phi) is 6.77. The van der Waals surface area contributed by atoms with Crippen LogP contribution in [-0.4, -0.2) is 32.2 Å². The second-order valence-electron chi connectivity index (χ2n) is 7.55. The Morgan fingerprint density at radius 1 is 1.20 bits per heavy atom. The smallest absolute Gasteiger partial charge is 0.227 e. The van der Waals surface area contributed by atoms with E-state index in [2.05, 4.69) is 10.6 Å². The van der Waals surface area contributed by atoms with Crippen molar-refractivity contribution in [3.63, 3.8) is 0 Å². The highest BCUT2D eigenvalue weighted by atomic mass is 32.2. The van der Waals surface area contributed by atoms with Gasteiger partial charge in [0.05, 0.1) is 10.9 Å². The molecule has 1 fully saturated rings. The summed E-state index contributed by atoms with van der Waals surface area (Å²) in [4.78, 5) is 14.2. The molecule has 0 bridgehead atoms. The molecule has 2 N–H and O–H groups in total. The summed E-state index contributed by atoms with van der Waals surface area (Å²) in [5, 5.41) is 6.97. The van der Waals surface area contributed by atoms with Gasteiger partial charge in [-0.25, -0.2) is 8.42 Å². The molecule has 3 rings (SSSR count). The van der Waals surface area contributed by atoms with E-state index in [-0.39, 0.29) is 11.9 Å². The first-order valence-electron chi connectivity index (χ1n) is 9.97. The number of rotatable bonds is 6. The molecule has 30 heavy (non-hydrogen) atoms. The average molecular weight is 446 g/mol. The van der Waals surface area contributed by atoms with Crippen LogP contribution in [0.3, 0.4) is 0 Å². The van der Waals surface area contributed by atoms with E-state index in [1.807, 2.05) is 49.1 Å². The van der Waals surface area contributed by atoms with Gasteiger partial charge in [-0.1, -0.05) is 25.1 Å². The van der Waals surface area contributed by atoms with Crippen molar-refractivity contribution in [1.82, 2.24) is 5.32 Å². The largest absolute Gasteiger partial charge is 0.356 e. The predicted octanol–water partition coefficient (Wildman–Crippen LogP) is 3.96. The molecule has 1 amide bonds. The van der Waals surface area contributed by atoms with Crippen LogP contribution in [0.25, 0.3) is 0 Å². The van der Waals surface area contributed by atoms with Gasteiger partial charge in [-0.3, -0.25) is 4.79 Å². The fourth-order valence-corrected chi connectivity index (χ4v) is 4.47. The fourth-order valence-electron chi connectivity index (χ4n) is 3.57. The van der Waals surface area contributed by atoms with Crippen LogP contribution in [0.4, 0.5) is 11.4 Å². The Hall–Kier alpha value is -2.45. The summed E-state index contributed by atoms with van der Waals surface area (Å²) in [5.41, 5.74) is 3.73. The molecule has 160 valence electrons. The summed E-state index contributed by atoms with van der Waals surface area (Å²) < 4.78 is 23.3. The summed E-state index contributed by atoms with van der Waals surface area (Å²) in [7, 11) is -3.22. The second-order valence-corrected chi connectivity index (χ2v) is 9.97. The van der Waals surface area contributed by atoms with E-state index in [1.54, 1.807) is 12.1 Å². The van der Waals surface area contributed by atoms with Gasteiger partial charge in [-0.15, -0.1) is 0 Å². The van der Waals surface area contributed by atoms with Crippen LogP contribution < -0.4 is 15.5 Å². The molecule has 0 unspecified atom stereocenters. The van der Waals surface area contributed by atoms with E-state index in [9.17, 15) is 13.2 Å². The normalized spacial score (nSPS) is 15.2. The maximum atomic E-state index is 12.1. The van der Waals surface area contributed by atoms with Gasteiger partial charge in [0, 0.05) is 30.6 Å². The van der Waals surface area contributed by atoms with Gasteiger partial charge in [-0.05, 0) is 67.4 Å². The summed E-state index contributed by atoms with van der Waals surface area (Å²) in [6, 6.07) is 12.7. The van der Waals surface area contributed by atoms with Gasteiger partial charge in [0.25, 0.3) is 0 Å². The van der Waals surface area contributed by atoms with Crippen molar-refractivity contribution in [3.05, 3.63) is 53.6 Å². The number of amides is 1. The molecule has 0 spiro atoms. The van der Waals surface area contributed by atoms with Gasteiger partial charge >= 0.3 is 0 Å². The van der Waals surface area contributed by atoms with Gasteiger partial charge in [0.2, 0.25) is 5.91 Å². The molecular weight excluding hydrogens is 418 g/mol. The molecule has 1 atom stereocenters. The number of hydrogen-bond donors (Lipinski definition) is 2. The number of thiocarbonyl (C=S) groups is 1. The molecule has 1 saturated heterocycles. The minimum atomic E-state index is -3.22. The number of carbonyl (C=O) groups is 1. The van der Waals surface area contributed by atoms with Crippen molar-refractivity contribution in [3.8, 4) is 0 Å². The Morgan fingerprint density at radius 2 is 1.90 bits per heavy atom. The Morgan fingerprint density at radius 3 is 2.47 bits per heavy atom. The Bertz CT molecular complexity index is 1050. The van der Waals surface area contributed by atoms with Crippen molar-refractivity contribution >= 4 is 44.4 Å². The van der Waals surface area contributed by atoms with Gasteiger partial charge < -0.3 is 15.5 Å². The zero-order valence-corrected chi connectivity index (χ0v) is 19.1. The molecule has 0 aliphatic carbocycles. The average Bonchev–Trinajstić information content (AvgIpc) is 3.12. The summed E-state index contributed by atoms with van der Waals surface area (Å²) in [6.45, 7) is 4.77. The molecule has 1 heterocycles. The maximum Gasteiger partial charge on any atom is 0.227 e. The lowest BCUT2D eigenvalue weighted by atomic mass is 10.1. The highest BCUT2D eigenvalue weighted by molar-refractivity contribution is 7.90. The number of benzene rings is 2. The van der Waals surface area contributed by atoms with Gasteiger partial charge in [0.1, 0.15) is 0 Å². The zero-order chi connectivity index (χ0) is 21.9. The molecule has 2 aromatic carbocycles. The first-order valence-corrected chi connectivity index (χ1v) is 12.3. The lowest BCUT2D eigenvalue weighted by Gasteiger charge is -2.22. The van der Waals surface area contributed by atoms with Gasteiger partial charge in [-0.2, -0.15) is 0 Å². The lowest BCUT2D eigenvalue weighted by Crippen LogP contribution is -2.32. The van der Waals surface area contributed by atoms with Crippen LogP contribution in [-0.2, 0) is 14.6 Å². The van der Waals surface area contributed by atoms with Crippen molar-refractivity contribution in [1.29, 1.82) is 0 Å². The summed E-state index contributed by atoms with van der Waals surface area (Å²) in [5.74, 6) is 0.152. The fraction of sp³-hybridized carbons (Fsp3) is 0.364. The van der Waals surface area contributed by atoms with Crippen LogP contribution in [0.5, 0.6) is 0 Å². The van der Waals surface area contributed by atoms with Crippen LogP contribution in [0.15, 0.2) is 47.4 Å². The molecule has 0 saturated carbocycles. The minimum Gasteiger partial charge on any atom is -0.356 e. The van der Waals surface area contributed by atoms with Crippen LogP contribution in [0.2, 0.25) is 0 Å². The van der Waals surface area contributed by atoms with Crippen LogP contribution >= 0.6 is 12.2 Å². The van der Waals surface area contributed by atoms with Crippen molar-refractivity contribution in [2.75, 3.05) is 23.0 Å². The van der Waals surface area contributed by atoms with Gasteiger partial charge in [0.15, 0.2) is 14.9 Å². The molecule has 6 nitrogen and oxygen atoms in total. The number of nitrogens with zero attached hydrogens (tertiary/aromatic N) is 1. The van der Waals surface area contributed by atoms with Crippen molar-refractivity contribution in [2.24, 2.45) is 0 Å². The van der Waals surface area contributed by atoms with Crippen LogP contribution in [0.1, 0.15) is 43.4 Å². The van der Waals surface area contributed by atoms with E-state index in [0.29, 0.717) is 16.4 Å². The van der Waals surface area contributed by atoms with Crippen molar-refractivity contribution in [2.45, 2.75) is 44.0 Å². The number of nitrogens with one attached hydrogen (secondary N) is 2. The van der Waals surface area contributed by atoms with E-state index >= 15 is 0 Å². The number of anilines is 2. The third kappa shape index (κ3) is 5.17. The Balaban J connectivity index is 1.70. The molecule has 1 aliphatic heterocycles. The Labute approximate surface area is 183 Å². The SMILES string of the molecule is CC[C@H](NC(=S)Nc1ccc(C)c(N2CCCC2=O)c1)c1ccc(S(C)(=O)=O)cc1. The molecule has 1 aliphatic rings. The lowest BCUT2D eigenvalue weighted by molar-refractivity contribution is -0.117. The third-order valence-electron chi connectivity index (χ3n) is 5.26. The zero-order valence-electron chi connectivity index (χ0n) is 17.4. The monoisotopic (exact) mass is 445 g/mol. The highest BCUT2D eigenvalue weighted by Crippen LogP contribution is 2.28. The molecule has 8 heteroatoms. The standard InChI is InChI=1S/C22H27N3O3S2/c1-4-19(16-8-11-18(12-9-16)30(3,27)28)24-22(29)23-17-10-7-15(2)20(14-17)25-13-5-6-21(25)26/h7-12,14,19H,4-6,13H2,1-3H3,(H2,23,24,29)/t19-/m0/s1. The second kappa shape index (κ2) is 9.14. The molecule has 0 radical (unpaired) electrons. The van der Waals surface area contributed by atoms with E-state index in [1.165, 1.54) is 6.26 Å². The number of carbonyl (C=O) groups excluding carboxylic acids is 1. The van der Waals surface area contributed by atoms with E-state index in [0.717, 1.165) is 41.9 Å². The third-order valence-corrected chi connectivity index (χ3v) is 6.60. The number of aryl methyl sites for hydroxylation is 1. The topological polar surface area (TPSA) is 78.5 Å². The first kappa shape index (κ1) is 22.2. The van der Waals surface area contributed by atoms with E-state index < -0.39 is 9.84 Å². The van der Waals surface area contributed by atoms with E-state index in [4.69, 9.17) is 12.2 Å². The summed E-state index contributed by atoms with van der Waals surface area (Å²) >= 11 is 5.50. The molecule has 2 aromatic rings. The van der Waals surface area contributed by atoms with Crippen molar-refractivity contribution < 1.29 is 13.2 Å². The molecule has 0 aromatic heterocycles. The predicted molar refractivity (Wildman–Crippen MR) is 125 cm³/mol.